The highest BCUT2D eigenvalue weighted by Gasteiger charge is 2.08. The number of benzene rings is 1. The number of aromatic amines is 1. The van der Waals surface area contributed by atoms with E-state index in [9.17, 15) is 0 Å². The smallest absolute Gasteiger partial charge is 0.119 e. The van der Waals surface area contributed by atoms with Gasteiger partial charge in [0, 0.05) is 17.1 Å². The molecule has 0 saturated heterocycles. The van der Waals surface area contributed by atoms with Crippen molar-refractivity contribution in [2.45, 2.75) is 33.1 Å². The van der Waals surface area contributed by atoms with Gasteiger partial charge in [0.1, 0.15) is 5.75 Å². The Morgan fingerprint density at radius 1 is 1.35 bits per heavy atom. The molecule has 0 aliphatic rings. The van der Waals surface area contributed by atoms with Gasteiger partial charge < -0.3 is 9.72 Å². The van der Waals surface area contributed by atoms with Crippen LogP contribution in [0.15, 0.2) is 24.4 Å². The fraction of sp³-hybridized carbons (Fsp3) is 0.467. The fourth-order valence-corrected chi connectivity index (χ4v) is 2.42. The maximum atomic E-state index is 5.29. The first-order valence-corrected chi connectivity index (χ1v) is 6.38. The molecule has 92 valence electrons. The van der Waals surface area contributed by atoms with E-state index >= 15 is 0 Å². The van der Waals surface area contributed by atoms with Crippen LogP contribution in [0.4, 0.5) is 0 Å². The first-order chi connectivity index (χ1) is 8.24. The zero-order chi connectivity index (χ0) is 12.3. The number of H-pyrrole nitrogens is 1. The van der Waals surface area contributed by atoms with Crippen LogP contribution in [0.2, 0.25) is 0 Å². The highest BCUT2D eigenvalue weighted by molar-refractivity contribution is 5.84. The van der Waals surface area contributed by atoms with Crippen LogP contribution in [0.25, 0.3) is 10.9 Å². The molecule has 17 heavy (non-hydrogen) atoms. The average molecular weight is 231 g/mol. The molecule has 0 bridgehead atoms. The van der Waals surface area contributed by atoms with E-state index in [-0.39, 0.29) is 0 Å². The third-order valence-corrected chi connectivity index (χ3v) is 3.32. The van der Waals surface area contributed by atoms with Gasteiger partial charge in [-0.2, -0.15) is 0 Å². The van der Waals surface area contributed by atoms with Crippen molar-refractivity contribution in [1.82, 2.24) is 4.98 Å². The van der Waals surface area contributed by atoms with E-state index in [2.05, 4.69) is 37.2 Å². The summed E-state index contributed by atoms with van der Waals surface area (Å²) in [5.74, 6) is 1.67. The van der Waals surface area contributed by atoms with E-state index in [0.29, 0.717) is 0 Å². The largest absolute Gasteiger partial charge is 0.497 e. The third-order valence-electron chi connectivity index (χ3n) is 3.32. The molecule has 2 aromatic rings. The number of aromatic nitrogens is 1. The van der Waals surface area contributed by atoms with Crippen LogP contribution in [0, 0.1) is 5.92 Å². The number of hydrogen-bond donors (Lipinski definition) is 1. The van der Waals surface area contributed by atoms with Gasteiger partial charge in [0.2, 0.25) is 0 Å². The Bertz CT molecular complexity index is 487. The molecule has 2 heteroatoms. The quantitative estimate of drug-likeness (QED) is 0.821. The number of hydrogen-bond acceptors (Lipinski definition) is 1. The van der Waals surface area contributed by atoms with E-state index < -0.39 is 0 Å². The molecule has 0 aliphatic heterocycles. The molecule has 1 atom stereocenters. The van der Waals surface area contributed by atoms with E-state index in [4.69, 9.17) is 4.74 Å². The number of fused-ring (bicyclic) bond motifs is 1. The molecule has 0 aliphatic carbocycles. The van der Waals surface area contributed by atoms with E-state index in [1.165, 1.54) is 29.3 Å². The fourth-order valence-electron chi connectivity index (χ4n) is 2.42. The van der Waals surface area contributed by atoms with Gasteiger partial charge in [0.15, 0.2) is 0 Å². The predicted molar refractivity (Wildman–Crippen MR) is 72.6 cm³/mol. The summed E-state index contributed by atoms with van der Waals surface area (Å²) in [5, 5.41) is 1.30. The Labute approximate surface area is 103 Å². The van der Waals surface area contributed by atoms with Crippen molar-refractivity contribution in [3.63, 3.8) is 0 Å². The summed E-state index contributed by atoms with van der Waals surface area (Å²) in [7, 11) is 1.72. The molecule has 2 nitrogen and oxygen atoms in total. The molecule has 0 radical (unpaired) electrons. The van der Waals surface area contributed by atoms with E-state index in [1.54, 1.807) is 7.11 Å². The summed E-state index contributed by atoms with van der Waals surface area (Å²) in [6.45, 7) is 4.57. The van der Waals surface area contributed by atoms with Crippen molar-refractivity contribution in [2.75, 3.05) is 7.11 Å². The molecule has 1 heterocycles. The lowest BCUT2D eigenvalue weighted by atomic mass is 9.97. The number of nitrogens with one attached hydrogen (secondary N) is 1. The second kappa shape index (κ2) is 5.26. The summed E-state index contributed by atoms with van der Waals surface area (Å²) in [6.07, 6.45) is 5.82. The maximum absolute atomic E-state index is 5.29. The first kappa shape index (κ1) is 12.0. The minimum absolute atomic E-state index is 0.741. The lowest BCUT2D eigenvalue weighted by molar-refractivity contribution is 0.415. The van der Waals surface area contributed by atoms with Gasteiger partial charge >= 0.3 is 0 Å². The van der Waals surface area contributed by atoms with E-state index in [1.807, 2.05) is 6.07 Å². The maximum Gasteiger partial charge on any atom is 0.119 e. The molecule has 0 saturated carbocycles. The lowest BCUT2D eigenvalue weighted by Gasteiger charge is -2.09. The molecule has 0 fully saturated rings. The van der Waals surface area contributed by atoms with Crippen LogP contribution in [0.1, 0.15) is 32.3 Å². The highest BCUT2D eigenvalue weighted by atomic mass is 16.5. The minimum atomic E-state index is 0.741. The topological polar surface area (TPSA) is 25.0 Å². The van der Waals surface area contributed by atoms with Crippen LogP contribution >= 0.6 is 0 Å². The molecule has 2 rings (SSSR count). The van der Waals surface area contributed by atoms with Crippen molar-refractivity contribution in [1.29, 1.82) is 0 Å². The zero-order valence-electron chi connectivity index (χ0n) is 10.9. The van der Waals surface area contributed by atoms with Crippen molar-refractivity contribution in [3.8, 4) is 5.75 Å². The van der Waals surface area contributed by atoms with Gasteiger partial charge in [-0.05, 0) is 36.1 Å². The lowest BCUT2D eigenvalue weighted by Crippen LogP contribution is -1.98. The number of methoxy groups -OCH3 is 1. The van der Waals surface area contributed by atoms with Gasteiger partial charge in [-0.3, -0.25) is 0 Å². The van der Waals surface area contributed by atoms with Crippen LogP contribution in [-0.4, -0.2) is 12.1 Å². The van der Waals surface area contributed by atoms with Crippen LogP contribution in [-0.2, 0) is 6.42 Å². The standard InChI is InChI=1S/C15H21NO/c1-4-5-11(2)8-12-10-16-15-7-6-13(17-3)9-14(12)15/h6-7,9-11,16H,4-5,8H2,1-3H3. The Morgan fingerprint density at radius 3 is 2.88 bits per heavy atom. The normalized spacial score (nSPS) is 12.9. The molecular weight excluding hydrogens is 210 g/mol. The summed E-state index contributed by atoms with van der Waals surface area (Å²) >= 11 is 0. The average Bonchev–Trinajstić information content (AvgIpc) is 2.72. The second-order valence-electron chi connectivity index (χ2n) is 4.82. The van der Waals surface area contributed by atoms with Gasteiger partial charge in [-0.1, -0.05) is 26.7 Å². The van der Waals surface area contributed by atoms with Crippen LogP contribution < -0.4 is 4.74 Å². The van der Waals surface area contributed by atoms with Crippen LogP contribution in [0.5, 0.6) is 5.75 Å². The van der Waals surface area contributed by atoms with Crippen molar-refractivity contribution in [3.05, 3.63) is 30.0 Å². The zero-order valence-corrected chi connectivity index (χ0v) is 10.9. The monoisotopic (exact) mass is 231 g/mol. The van der Waals surface area contributed by atoms with E-state index in [0.717, 1.165) is 18.1 Å². The molecule has 1 N–H and O–H groups in total. The van der Waals surface area contributed by atoms with Gasteiger partial charge in [0.25, 0.3) is 0 Å². The summed E-state index contributed by atoms with van der Waals surface area (Å²) in [5.41, 5.74) is 2.60. The molecule has 1 aromatic heterocycles. The van der Waals surface area contributed by atoms with Gasteiger partial charge in [-0.25, -0.2) is 0 Å². The molecule has 1 aromatic carbocycles. The van der Waals surface area contributed by atoms with Gasteiger partial charge in [-0.15, -0.1) is 0 Å². The van der Waals surface area contributed by atoms with Gasteiger partial charge in [0.05, 0.1) is 7.11 Å². The minimum Gasteiger partial charge on any atom is -0.497 e. The molecule has 1 unspecified atom stereocenters. The SMILES string of the molecule is CCCC(C)Cc1c[nH]c2ccc(OC)cc12. The number of ether oxygens (including phenoxy) is 1. The molecule has 0 amide bonds. The Kier molecular flexibility index (Phi) is 3.72. The molecule has 0 spiro atoms. The van der Waals surface area contributed by atoms with Crippen LogP contribution in [0.3, 0.4) is 0 Å². The number of rotatable bonds is 5. The second-order valence-corrected chi connectivity index (χ2v) is 4.82. The van der Waals surface area contributed by atoms with Crippen molar-refractivity contribution < 1.29 is 4.74 Å². The van der Waals surface area contributed by atoms with Crippen molar-refractivity contribution in [2.24, 2.45) is 5.92 Å². The third kappa shape index (κ3) is 2.63. The summed E-state index contributed by atoms with van der Waals surface area (Å²) in [4.78, 5) is 3.33. The van der Waals surface area contributed by atoms with Crippen molar-refractivity contribution >= 4 is 10.9 Å². The summed E-state index contributed by atoms with van der Waals surface area (Å²) < 4.78 is 5.29. The first-order valence-electron chi connectivity index (χ1n) is 6.38. The summed E-state index contributed by atoms with van der Waals surface area (Å²) in [6, 6.07) is 6.21. The molecular formula is C15H21NO. The Hall–Kier alpha value is -1.44. The highest BCUT2D eigenvalue weighted by Crippen LogP contribution is 2.26. The predicted octanol–water partition coefficient (Wildman–Crippen LogP) is 4.16. The Morgan fingerprint density at radius 2 is 2.18 bits per heavy atom. The Balaban J connectivity index is 2.27.